The Hall–Kier alpha value is -2.31. The summed E-state index contributed by atoms with van der Waals surface area (Å²) >= 11 is 7.83. The zero-order valence-corrected chi connectivity index (χ0v) is 16.1. The highest BCUT2D eigenvalue weighted by Gasteiger charge is 2.16. The van der Waals surface area contributed by atoms with Crippen LogP contribution in [0.5, 0.6) is 11.5 Å². The number of ether oxygens (including phenoxy) is 2. The van der Waals surface area contributed by atoms with Crippen molar-refractivity contribution in [1.82, 2.24) is 10.3 Å². The van der Waals surface area contributed by atoms with Gasteiger partial charge in [-0.25, -0.2) is 4.98 Å². The third-order valence-corrected chi connectivity index (χ3v) is 5.00. The fraction of sp³-hybridized carbons (Fsp3) is 0.263. The van der Waals surface area contributed by atoms with Gasteiger partial charge in [0.2, 0.25) is 0 Å². The predicted molar refractivity (Wildman–Crippen MR) is 105 cm³/mol. The van der Waals surface area contributed by atoms with Crippen molar-refractivity contribution < 1.29 is 14.3 Å². The number of fused-ring (bicyclic) bond motifs is 1. The van der Waals surface area contributed by atoms with Crippen LogP contribution in [0.4, 0.5) is 0 Å². The molecule has 2 aromatic carbocycles. The third kappa shape index (κ3) is 4.08. The first-order valence-corrected chi connectivity index (χ1v) is 9.44. The van der Waals surface area contributed by atoms with E-state index in [1.807, 2.05) is 31.2 Å². The van der Waals surface area contributed by atoms with E-state index in [9.17, 15) is 4.79 Å². The number of methoxy groups -OCH3 is 1. The monoisotopic (exact) mass is 390 g/mol. The molecule has 0 aliphatic heterocycles. The highest BCUT2D eigenvalue weighted by molar-refractivity contribution is 7.18. The average molecular weight is 391 g/mol. The Labute approximate surface area is 160 Å². The second-order valence-electron chi connectivity index (χ2n) is 5.60. The van der Waals surface area contributed by atoms with Crippen molar-refractivity contribution in [3.63, 3.8) is 0 Å². The summed E-state index contributed by atoms with van der Waals surface area (Å²) in [7, 11) is 1.52. The molecule has 0 fully saturated rings. The Morgan fingerprint density at radius 3 is 2.85 bits per heavy atom. The number of nitrogens with zero attached hydrogens (tertiary/aromatic N) is 1. The molecule has 7 heteroatoms. The van der Waals surface area contributed by atoms with Crippen LogP contribution in [0, 0.1) is 0 Å². The second-order valence-corrected chi connectivity index (χ2v) is 7.12. The summed E-state index contributed by atoms with van der Waals surface area (Å²) in [6.07, 6.45) is 0.851. The van der Waals surface area contributed by atoms with Gasteiger partial charge in [0.25, 0.3) is 5.91 Å². The Balaban J connectivity index is 1.73. The molecule has 0 radical (unpaired) electrons. The van der Waals surface area contributed by atoms with E-state index in [0.29, 0.717) is 35.2 Å². The van der Waals surface area contributed by atoms with Crippen molar-refractivity contribution in [2.75, 3.05) is 13.7 Å². The first kappa shape index (κ1) is 18.5. The van der Waals surface area contributed by atoms with Crippen molar-refractivity contribution in [3.05, 3.63) is 52.0 Å². The van der Waals surface area contributed by atoms with Gasteiger partial charge in [-0.15, -0.1) is 11.3 Å². The van der Waals surface area contributed by atoms with Gasteiger partial charge in [0.15, 0.2) is 11.5 Å². The van der Waals surface area contributed by atoms with Gasteiger partial charge in [0.1, 0.15) is 5.01 Å². The van der Waals surface area contributed by atoms with E-state index in [4.69, 9.17) is 21.1 Å². The molecule has 3 aromatic rings. The van der Waals surface area contributed by atoms with E-state index in [1.165, 1.54) is 7.11 Å². The molecule has 0 bridgehead atoms. The minimum Gasteiger partial charge on any atom is -0.493 e. The number of halogens is 1. The molecular weight excluding hydrogens is 372 g/mol. The SMILES string of the molecule is CCCOc1c(Cl)cc(C(=O)NCc2nc3ccccc3s2)cc1OC. The van der Waals surface area contributed by atoms with Crippen molar-refractivity contribution in [1.29, 1.82) is 0 Å². The van der Waals surface area contributed by atoms with Gasteiger partial charge in [-0.1, -0.05) is 30.7 Å². The molecular formula is C19H19ClN2O3S. The number of aromatic nitrogens is 1. The summed E-state index contributed by atoms with van der Waals surface area (Å²) in [6.45, 7) is 2.88. The number of rotatable bonds is 7. The normalized spacial score (nSPS) is 10.7. The van der Waals surface area contributed by atoms with Crippen LogP contribution in [-0.4, -0.2) is 24.6 Å². The lowest BCUT2D eigenvalue weighted by molar-refractivity contribution is 0.0950. The van der Waals surface area contributed by atoms with Crippen LogP contribution in [0.25, 0.3) is 10.2 Å². The van der Waals surface area contributed by atoms with Gasteiger partial charge >= 0.3 is 0 Å². The van der Waals surface area contributed by atoms with E-state index in [-0.39, 0.29) is 5.91 Å². The zero-order chi connectivity index (χ0) is 18.5. The summed E-state index contributed by atoms with van der Waals surface area (Å²) in [6, 6.07) is 11.1. The van der Waals surface area contributed by atoms with Crippen LogP contribution in [-0.2, 0) is 6.54 Å². The molecule has 3 rings (SSSR count). The molecule has 0 aliphatic carbocycles. The lowest BCUT2D eigenvalue weighted by Crippen LogP contribution is -2.22. The molecule has 136 valence electrons. The number of hydrogen-bond donors (Lipinski definition) is 1. The van der Waals surface area contributed by atoms with E-state index in [0.717, 1.165) is 21.6 Å². The molecule has 1 heterocycles. The van der Waals surface area contributed by atoms with Crippen molar-refractivity contribution in [2.45, 2.75) is 19.9 Å². The highest BCUT2D eigenvalue weighted by Crippen LogP contribution is 2.36. The number of benzene rings is 2. The topological polar surface area (TPSA) is 60.5 Å². The number of carbonyl (C=O) groups excluding carboxylic acids is 1. The van der Waals surface area contributed by atoms with E-state index in [1.54, 1.807) is 23.5 Å². The number of carbonyl (C=O) groups is 1. The molecule has 0 saturated carbocycles. The van der Waals surface area contributed by atoms with Gasteiger partial charge in [-0.05, 0) is 30.7 Å². The maximum Gasteiger partial charge on any atom is 0.251 e. The summed E-state index contributed by atoms with van der Waals surface area (Å²) in [5.41, 5.74) is 1.35. The maximum atomic E-state index is 12.5. The molecule has 1 aromatic heterocycles. The smallest absolute Gasteiger partial charge is 0.251 e. The predicted octanol–water partition coefficient (Wildman–Crippen LogP) is 4.68. The minimum atomic E-state index is -0.244. The third-order valence-electron chi connectivity index (χ3n) is 3.68. The standard InChI is InChI=1S/C19H19ClN2O3S/c1-3-8-25-18-13(20)9-12(10-15(18)24-2)19(23)21-11-17-22-14-6-4-5-7-16(14)26-17/h4-7,9-10H,3,8,11H2,1-2H3,(H,21,23). The van der Waals surface area contributed by atoms with Crippen LogP contribution in [0.1, 0.15) is 28.7 Å². The number of nitrogens with one attached hydrogen (secondary N) is 1. The van der Waals surface area contributed by atoms with E-state index in [2.05, 4.69) is 10.3 Å². The Bertz CT molecular complexity index is 893. The van der Waals surface area contributed by atoms with Crippen LogP contribution in [0.2, 0.25) is 5.02 Å². The second kappa shape index (κ2) is 8.38. The van der Waals surface area contributed by atoms with E-state index < -0.39 is 0 Å². The highest BCUT2D eigenvalue weighted by atomic mass is 35.5. The molecule has 0 unspecified atom stereocenters. The van der Waals surface area contributed by atoms with Gasteiger partial charge < -0.3 is 14.8 Å². The van der Waals surface area contributed by atoms with Crippen molar-refractivity contribution >= 4 is 39.1 Å². The summed E-state index contributed by atoms with van der Waals surface area (Å²) in [5, 5.41) is 4.07. The average Bonchev–Trinajstić information content (AvgIpc) is 3.07. The van der Waals surface area contributed by atoms with Crippen LogP contribution in [0.3, 0.4) is 0 Å². The van der Waals surface area contributed by atoms with Gasteiger partial charge in [-0.3, -0.25) is 4.79 Å². The van der Waals surface area contributed by atoms with E-state index >= 15 is 0 Å². The lowest BCUT2D eigenvalue weighted by Gasteiger charge is -2.13. The van der Waals surface area contributed by atoms with Crippen LogP contribution < -0.4 is 14.8 Å². The zero-order valence-electron chi connectivity index (χ0n) is 14.5. The molecule has 1 amide bonds. The molecule has 0 spiro atoms. The Kier molecular flexibility index (Phi) is 5.96. The van der Waals surface area contributed by atoms with Gasteiger partial charge in [0.05, 0.1) is 35.5 Å². The van der Waals surface area contributed by atoms with Crippen molar-refractivity contribution in [3.8, 4) is 11.5 Å². The summed E-state index contributed by atoms with van der Waals surface area (Å²) in [5.74, 6) is 0.654. The molecule has 5 nitrogen and oxygen atoms in total. The molecule has 26 heavy (non-hydrogen) atoms. The minimum absolute atomic E-state index is 0.244. The Morgan fingerprint density at radius 1 is 1.31 bits per heavy atom. The van der Waals surface area contributed by atoms with Crippen LogP contribution >= 0.6 is 22.9 Å². The fourth-order valence-electron chi connectivity index (χ4n) is 2.45. The number of amides is 1. The van der Waals surface area contributed by atoms with Gasteiger partial charge in [-0.2, -0.15) is 0 Å². The Morgan fingerprint density at radius 2 is 2.12 bits per heavy atom. The number of para-hydroxylation sites is 1. The lowest BCUT2D eigenvalue weighted by atomic mass is 10.2. The fourth-order valence-corrected chi connectivity index (χ4v) is 3.62. The number of thiazole rings is 1. The molecule has 0 saturated heterocycles. The largest absolute Gasteiger partial charge is 0.493 e. The first-order chi connectivity index (χ1) is 12.6. The van der Waals surface area contributed by atoms with Gasteiger partial charge in [0, 0.05) is 5.56 Å². The quantitative estimate of drug-likeness (QED) is 0.636. The van der Waals surface area contributed by atoms with Crippen LogP contribution in [0.15, 0.2) is 36.4 Å². The molecule has 0 atom stereocenters. The van der Waals surface area contributed by atoms with Crippen molar-refractivity contribution in [2.24, 2.45) is 0 Å². The summed E-state index contributed by atoms with van der Waals surface area (Å²) < 4.78 is 12.0. The number of hydrogen-bond acceptors (Lipinski definition) is 5. The molecule has 1 N–H and O–H groups in total. The first-order valence-electron chi connectivity index (χ1n) is 8.25. The molecule has 0 aliphatic rings. The summed E-state index contributed by atoms with van der Waals surface area (Å²) in [4.78, 5) is 17.0. The maximum absolute atomic E-state index is 12.5.